The third-order valence-corrected chi connectivity index (χ3v) is 3.28. The van der Waals surface area contributed by atoms with E-state index in [-0.39, 0.29) is 5.56 Å². The molecule has 0 saturated carbocycles. The Hall–Kier alpha value is -1.75. The van der Waals surface area contributed by atoms with E-state index in [4.69, 9.17) is 4.74 Å². The molecule has 0 radical (unpaired) electrons. The molecule has 2 nitrogen and oxygen atoms in total. The number of carbonyl (C=O) groups excluding carboxylic acids is 1. The fourth-order valence-corrected chi connectivity index (χ4v) is 2.31. The fourth-order valence-electron chi connectivity index (χ4n) is 1.78. The number of ether oxygens (including phenoxy) is 1. The van der Waals surface area contributed by atoms with Gasteiger partial charge in [0.15, 0.2) is 5.78 Å². The van der Waals surface area contributed by atoms with Crippen molar-refractivity contribution in [3.8, 4) is 5.75 Å². The van der Waals surface area contributed by atoms with Crippen molar-refractivity contribution in [1.82, 2.24) is 0 Å². The Kier molecular flexibility index (Phi) is 4.49. The molecule has 0 aliphatic carbocycles. The lowest BCUT2D eigenvalue weighted by Crippen LogP contribution is -2.04. The second kappa shape index (κ2) is 6.13. The number of halogens is 3. The van der Waals surface area contributed by atoms with Crippen molar-refractivity contribution in [1.29, 1.82) is 0 Å². The van der Waals surface area contributed by atoms with Gasteiger partial charge in [-0.1, -0.05) is 0 Å². The van der Waals surface area contributed by atoms with Crippen LogP contribution in [0.25, 0.3) is 0 Å². The molecule has 20 heavy (non-hydrogen) atoms. The Morgan fingerprint density at radius 1 is 1.15 bits per heavy atom. The number of ketones is 1. The van der Waals surface area contributed by atoms with E-state index < -0.39 is 17.4 Å². The largest absolute Gasteiger partial charge is 0.494 e. The quantitative estimate of drug-likeness (QED) is 0.773. The number of rotatable bonds is 4. The van der Waals surface area contributed by atoms with Crippen LogP contribution >= 0.6 is 15.9 Å². The van der Waals surface area contributed by atoms with Gasteiger partial charge in [-0.2, -0.15) is 0 Å². The first-order valence-electron chi connectivity index (χ1n) is 5.94. The summed E-state index contributed by atoms with van der Waals surface area (Å²) < 4.78 is 32.1. The summed E-state index contributed by atoms with van der Waals surface area (Å²) in [6.07, 6.45) is 0. The van der Waals surface area contributed by atoms with Crippen LogP contribution < -0.4 is 4.74 Å². The van der Waals surface area contributed by atoms with E-state index in [0.717, 1.165) is 18.2 Å². The summed E-state index contributed by atoms with van der Waals surface area (Å²) in [5.41, 5.74) is 0.283. The van der Waals surface area contributed by atoms with Crippen molar-refractivity contribution in [2.45, 2.75) is 6.92 Å². The summed E-state index contributed by atoms with van der Waals surface area (Å²) in [7, 11) is 0. The molecule has 0 saturated heterocycles. The minimum Gasteiger partial charge on any atom is -0.494 e. The molecule has 0 aliphatic rings. The normalized spacial score (nSPS) is 10.4. The molecule has 0 bridgehead atoms. The van der Waals surface area contributed by atoms with Gasteiger partial charge in [-0.25, -0.2) is 8.78 Å². The molecule has 2 rings (SSSR count). The Morgan fingerprint density at radius 2 is 1.80 bits per heavy atom. The topological polar surface area (TPSA) is 26.3 Å². The van der Waals surface area contributed by atoms with Crippen molar-refractivity contribution < 1.29 is 18.3 Å². The summed E-state index contributed by atoms with van der Waals surface area (Å²) in [5, 5.41) is 0. The predicted octanol–water partition coefficient (Wildman–Crippen LogP) is 4.36. The molecule has 0 unspecified atom stereocenters. The highest BCUT2D eigenvalue weighted by molar-refractivity contribution is 9.10. The Balaban J connectivity index is 2.38. The van der Waals surface area contributed by atoms with Gasteiger partial charge >= 0.3 is 0 Å². The van der Waals surface area contributed by atoms with Crippen LogP contribution in [0.5, 0.6) is 5.75 Å². The van der Waals surface area contributed by atoms with Crippen molar-refractivity contribution in [2.75, 3.05) is 6.61 Å². The van der Waals surface area contributed by atoms with Gasteiger partial charge in [0, 0.05) is 21.7 Å². The second-order valence-corrected chi connectivity index (χ2v) is 4.92. The van der Waals surface area contributed by atoms with Crippen LogP contribution in [0.1, 0.15) is 22.8 Å². The lowest BCUT2D eigenvalue weighted by Gasteiger charge is -2.08. The van der Waals surface area contributed by atoms with Gasteiger partial charge in [-0.3, -0.25) is 4.79 Å². The lowest BCUT2D eigenvalue weighted by molar-refractivity contribution is 0.103. The smallest absolute Gasteiger partial charge is 0.194 e. The Morgan fingerprint density at radius 3 is 2.35 bits per heavy atom. The molecule has 2 aromatic carbocycles. The SMILES string of the molecule is CCOc1ccc(C(=O)c2cc(F)cc(F)c2)c(Br)c1. The maximum atomic E-state index is 13.1. The van der Waals surface area contributed by atoms with Crippen LogP contribution in [0.3, 0.4) is 0 Å². The van der Waals surface area contributed by atoms with Crippen LogP contribution in [0.2, 0.25) is 0 Å². The van der Waals surface area contributed by atoms with E-state index in [2.05, 4.69) is 15.9 Å². The first kappa shape index (κ1) is 14.7. The maximum Gasteiger partial charge on any atom is 0.194 e. The van der Waals surface area contributed by atoms with E-state index in [1.165, 1.54) is 0 Å². The summed E-state index contributed by atoms with van der Waals surface area (Å²) in [6.45, 7) is 2.36. The first-order chi connectivity index (χ1) is 9.51. The van der Waals surface area contributed by atoms with Gasteiger partial charge < -0.3 is 4.74 Å². The van der Waals surface area contributed by atoms with Crippen LogP contribution in [0, 0.1) is 11.6 Å². The highest BCUT2D eigenvalue weighted by Gasteiger charge is 2.15. The Bertz CT molecular complexity index is 636. The zero-order chi connectivity index (χ0) is 14.7. The third kappa shape index (κ3) is 3.22. The van der Waals surface area contributed by atoms with Crippen molar-refractivity contribution in [3.63, 3.8) is 0 Å². The van der Waals surface area contributed by atoms with Gasteiger partial charge in [0.05, 0.1) is 6.61 Å². The summed E-state index contributed by atoms with van der Waals surface area (Å²) >= 11 is 3.26. The van der Waals surface area contributed by atoms with Crippen molar-refractivity contribution >= 4 is 21.7 Å². The van der Waals surface area contributed by atoms with E-state index in [1.807, 2.05) is 6.92 Å². The van der Waals surface area contributed by atoms with Gasteiger partial charge in [0.25, 0.3) is 0 Å². The number of carbonyl (C=O) groups is 1. The summed E-state index contributed by atoms with van der Waals surface area (Å²) in [5.74, 6) is -1.41. The standard InChI is InChI=1S/C15H11BrF2O2/c1-2-20-12-3-4-13(14(16)8-12)15(19)9-5-10(17)7-11(18)6-9/h3-8H,2H2,1H3. The minimum absolute atomic E-state index is 0.0349. The lowest BCUT2D eigenvalue weighted by atomic mass is 10.0. The molecule has 0 fully saturated rings. The predicted molar refractivity (Wildman–Crippen MR) is 75.1 cm³/mol. The minimum atomic E-state index is -0.782. The second-order valence-electron chi connectivity index (χ2n) is 4.06. The molecule has 2 aromatic rings. The number of hydrogen-bond acceptors (Lipinski definition) is 2. The third-order valence-electron chi connectivity index (χ3n) is 2.62. The van der Waals surface area contributed by atoms with Gasteiger partial charge in [-0.15, -0.1) is 0 Å². The van der Waals surface area contributed by atoms with Gasteiger partial charge in [0.1, 0.15) is 17.4 Å². The van der Waals surface area contributed by atoms with Crippen LogP contribution in [-0.2, 0) is 0 Å². The molecule has 104 valence electrons. The van der Waals surface area contributed by atoms with Crippen LogP contribution in [0.4, 0.5) is 8.78 Å². The van der Waals surface area contributed by atoms with Crippen LogP contribution in [-0.4, -0.2) is 12.4 Å². The highest BCUT2D eigenvalue weighted by Crippen LogP contribution is 2.25. The molecule has 0 heterocycles. The van der Waals surface area contributed by atoms with E-state index in [0.29, 0.717) is 22.4 Å². The number of hydrogen-bond donors (Lipinski definition) is 0. The average Bonchev–Trinajstić information content (AvgIpc) is 2.37. The molecule has 0 spiro atoms. The molecule has 0 amide bonds. The zero-order valence-electron chi connectivity index (χ0n) is 10.6. The molecule has 5 heteroatoms. The highest BCUT2D eigenvalue weighted by atomic mass is 79.9. The van der Waals surface area contributed by atoms with Crippen LogP contribution in [0.15, 0.2) is 40.9 Å². The molecule has 0 atom stereocenters. The molecule has 0 aromatic heterocycles. The summed E-state index contributed by atoms with van der Waals surface area (Å²) in [4.78, 5) is 12.2. The average molecular weight is 341 g/mol. The van der Waals surface area contributed by atoms with E-state index in [9.17, 15) is 13.6 Å². The van der Waals surface area contributed by atoms with Gasteiger partial charge in [0.2, 0.25) is 0 Å². The molecular formula is C15H11BrF2O2. The molecule has 0 aliphatic heterocycles. The van der Waals surface area contributed by atoms with Crippen molar-refractivity contribution in [2.24, 2.45) is 0 Å². The Labute approximate surface area is 123 Å². The monoisotopic (exact) mass is 340 g/mol. The first-order valence-corrected chi connectivity index (χ1v) is 6.73. The van der Waals surface area contributed by atoms with E-state index in [1.54, 1.807) is 18.2 Å². The molecule has 0 N–H and O–H groups in total. The maximum absolute atomic E-state index is 13.1. The van der Waals surface area contributed by atoms with Gasteiger partial charge in [-0.05, 0) is 53.2 Å². The molecular weight excluding hydrogens is 330 g/mol. The zero-order valence-corrected chi connectivity index (χ0v) is 12.2. The number of benzene rings is 2. The van der Waals surface area contributed by atoms with Crippen molar-refractivity contribution in [3.05, 3.63) is 63.6 Å². The van der Waals surface area contributed by atoms with E-state index >= 15 is 0 Å². The fraction of sp³-hybridized carbons (Fsp3) is 0.133. The summed E-state index contributed by atoms with van der Waals surface area (Å²) in [6, 6.07) is 7.58.